The van der Waals surface area contributed by atoms with Gasteiger partial charge in [0.15, 0.2) is 11.5 Å². The van der Waals surface area contributed by atoms with Gasteiger partial charge in [-0.1, -0.05) is 6.07 Å². The molecule has 1 atom stereocenters. The third kappa shape index (κ3) is 5.28. The molecule has 0 radical (unpaired) electrons. The average Bonchev–Trinajstić information content (AvgIpc) is 2.78. The molecule has 1 aromatic heterocycles. The number of halogens is 1. The number of amides is 1. The van der Waals surface area contributed by atoms with Crippen LogP contribution in [0.5, 0.6) is 17.2 Å². The van der Waals surface area contributed by atoms with E-state index in [2.05, 4.69) is 10.3 Å². The zero-order chi connectivity index (χ0) is 22.4. The quantitative estimate of drug-likeness (QED) is 0.522. The molecule has 2 aromatic carbocycles. The Morgan fingerprint density at radius 1 is 1.23 bits per heavy atom. The van der Waals surface area contributed by atoms with Crippen LogP contribution in [0.25, 0.3) is 10.9 Å². The van der Waals surface area contributed by atoms with E-state index in [4.69, 9.17) is 14.2 Å². The van der Waals surface area contributed by atoms with Crippen molar-refractivity contribution in [3.63, 3.8) is 0 Å². The number of hydrogen-bond acceptors (Lipinski definition) is 7. The summed E-state index contributed by atoms with van der Waals surface area (Å²) in [5.41, 5.74) is -0.200. The Balaban J connectivity index is 1.56. The van der Waals surface area contributed by atoms with E-state index in [1.54, 1.807) is 18.2 Å². The third-order valence-electron chi connectivity index (χ3n) is 4.44. The number of benzene rings is 2. The molecule has 1 unspecified atom stereocenters. The summed E-state index contributed by atoms with van der Waals surface area (Å²) in [4.78, 5) is 28.7. The van der Waals surface area contributed by atoms with Crippen LogP contribution in [0.4, 0.5) is 4.39 Å². The van der Waals surface area contributed by atoms with E-state index in [0.29, 0.717) is 22.8 Å². The predicted molar refractivity (Wildman–Crippen MR) is 110 cm³/mol. The van der Waals surface area contributed by atoms with Gasteiger partial charge in [-0.15, -0.1) is 0 Å². The number of aliphatic hydroxyl groups is 1. The molecule has 0 saturated heterocycles. The SMILES string of the molecule is COc1cccc(OC)c1OCC(O)CNC(=O)Cn1cnc2ccc(F)cc2c1=O. The summed E-state index contributed by atoms with van der Waals surface area (Å²) in [7, 11) is 2.96. The molecule has 10 heteroatoms. The Kier molecular flexibility index (Phi) is 7.03. The first kappa shape index (κ1) is 22.0. The maximum Gasteiger partial charge on any atom is 0.261 e. The van der Waals surface area contributed by atoms with Gasteiger partial charge in [0.1, 0.15) is 25.1 Å². The zero-order valence-corrected chi connectivity index (χ0v) is 17.0. The van der Waals surface area contributed by atoms with Crippen LogP contribution in [-0.4, -0.2) is 54.0 Å². The molecule has 0 fully saturated rings. The molecular formula is C21H22FN3O6. The first-order chi connectivity index (χ1) is 14.9. The standard InChI is InChI=1S/C21H22FN3O6/c1-29-17-4-3-5-18(30-2)20(17)31-11-14(26)9-23-19(27)10-25-12-24-16-7-6-13(22)8-15(16)21(25)28/h3-8,12,14,26H,9-11H2,1-2H3,(H,23,27). The van der Waals surface area contributed by atoms with Crippen molar-refractivity contribution in [1.29, 1.82) is 0 Å². The maximum absolute atomic E-state index is 13.4. The first-order valence-electron chi connectivity index (χ1n) is 9.36. The van der Waals surface area contributed by atoms with E-state index in [1.165, 1.54) is 32.7 Å². The minimum Gasteiger partial charge on any atom is -0.493 e. The molecule has 9 nitrogen and oxygen atoms in total. The minimum absolute atomic E-state index is 0.0782. The van der Waals surface area contributed by atoms with Crippen molar-refractivity contribution in [2.45, 2.75) is 12.6 Å². The number of aliphatic hydroxyl groups excluding tert-OH is 1. The third-order valence-corrected chi connectivity index (χ3v) is 4.44. The second-order valence-corrected chi connectivity index (χ2v) is 6.60. The molecule has 3 rings (SSSR count). The van der Waals surface area contributed by atoms with Crippen molar-refractivity contribution in [3.8, 4) is 17.2 Å². The van der Waals surface area contributed by atoms with Crippen LogP contribution >= 0.6 is 0 Å². The lowest BCUT2D eigenvalue weighted by atomic mass is 10.2. The van der Waals surface area contributed by atoms with Crippen LogP contribution in [0, 0.1) is 5.82 Å². The number of nitrogens with one attached hydrogen (secondary N) is 1. The molecule has 2 N–H and O–H groups in total. The summed E-state index contributed by atoms with van der Waals surface area (Å²) < 4.78 is 30.5. The topological polar surface area (TPSA) is 112 Å². The molecule has 0 aliphatic rings. The van der Waals surface area contributed by atoms with Crippen molar-refractivity contribution in [2.75, 3.05) is 27.4 Å². The van der Waals surface area contributed by atoms with Crippen molar-refractivity contribution in [2.24, 2.45) is 0 Å². The van der Waals surface area contributed by atoms with Gasteiger partial charge >= 0.3 is 0 Å². The van der Waals surface area contributed by atoms with E-state index in [1.807, 2.05) is 0 Å². The van der Waals surface area contributed by atoms with Crippen LogP contribution in [0.2, 0.25) is 0 Å². The Morgan fingerprint density at radius 3 is 2.61 bits per heavy atom. The number of rotatable bonds is 9. The molecule has 3 aromatic rings. The Morgan fingerprint density at radius 2 is 1.94 bits per heavy atom. The molecule has 0 saturated carbocycles. The summed E-state index contributed by atoms with van der Waals surface area (Å²) in [6, 6.07) is 8.78. The van der Waals surface area contributed by atoms with Crippen LogP contribution in [0.1, 0.15) is 0 Å². The second kappa shape index (κ2) is 9.90. The van der Waals surface area contributed by atoms with Gasteiger partial charge in [0.2, 0.25) is 11.7 Å². The number of carbonyl (C=O) groups excluding carboxylic acids is 1. The van der Waals surface area contributed by atoms with Gasteiger partial charge in [-0.05, 0) is 30.3 Å². The highest BCUT2D eigenvalue weighted by atomic mass is 19.1. The van der Waals surface area contributed by atoms with Gasteiger partial charge in [-0.25, -0.2) is 9.37 Å². The largest absolute Gasteiger partial charge is 0.493 e. The van der Waals surface area contributed by atoms with E-state index >= 15 is 0 Å². The first-order valence-corrected chi connectivity index (χ1v) is 9.36. The predicted octanol–water partition coefficient (Wildman–Crippen LogP) is 1.11. The second-order valence-electron chi connectivity index (χ2n) is 6.60. The van der Waals surface area contributed by atoms with Gasteiger partial charge in [-0.3, -0.25) is 14.2 Å². The van der Waals surface area contributed by atoms with Gasteiger partial charge in [0.25, 0.3) is 5.56 Å². The van der Waals surface area contributed by atoms with Crippen molar-refractivity contribution >= 4 is 16.8 Å². The number of carbonyl (C=O) groups is 1. The van der Waals surface area contributed by atoms with Gasteiger partial charge < -0.3 is 24.6 Å². The Bertz CT molecular complexity index is 1110. The molecule has 0 aliphatic carbocycles. The van der Waals surface area contributed by atoms with Crippen molar-refractivity contribution in [1.82, 2.24) is 14.9 Å². The molecule has 1 heterocycles. The molecule has 0 aliphatic heterocycles. The normalized spacial score (nSPS) is 11.7. The monoisotopic (exact) mass is 431 g/mol. The fourth-order valence-electron chi connectivity index (χ4n) is 2.88. The van der Waals surface area contributed by atoms with E-state index in [9.17, 15) is 19.1 Å². The highest BCUT2D eigenvalue weighted by Gasteiger charge is 2.15. The average molecular weight is 431 g/mol. The van der Waals surface area contributed by atoms with Gasteiger partial charge in [0, 0.05) is 6.54 Å². The number of para-hydroxylation sites is 1. The van der Waals surface area contributed by atoms with Crippen LogP contribution in [0.15, 0.2) is 47.5 Å². The summed E-state index contributed by atoms with van der Waals surface area (Å²) in [6.07, 6.45) is 0.189. The fraction of sp³-hybridized carbons (Fsp3) is 0.286. The Hall–Kier alpha value is -3.66. The smallest absolute Gasteiger partial charge is 0.261 e. The van der Waals surface area contributed by atoms with Gasteiger partial charge in [0.05, 0.1) is 31.4 Å². The minimum atomic E-state index is -1.03. The number of hydrogen-bond donors (Lipinski definition) is 2. The number of ether oxygens (including phenoxy) is 3. The zero-order valence-electron chi connectivity index (χ0n) is 17.0. The van der Waals surface area contributed by atoms with E-state index < -0.39 is 23.4 Å². The highest BCUT2D eigenvalue weighted by molar-refractivity contribution is 5.79. The molecule has 0 spiro atoms. The van der Waals surface area contributed by atoms with Crippen molar-refractivity contribution in [3.05, 3.63) is 58.9 Å². The number of methoxy groups -OCH3 is 2. The summed E-state index contributed by atoms with van der Waals surface area (Å²) >= 11 is 0. The molecular weight excluding hydrogens is 409 g/mol. The summed E-state index contributed by atoms with van der Waals surface area (Å²) in [5.74, 6) is 0.126. The van der Waals surface area contributed by atoms with E-state index in [0.717, 1.165) is 10.6 Å². The highest BCUT2D eigenvalue weighted by Crippen LogP contribution is 2.36. The Labute approximate surface area is 177 Å². The summed E-state index contributed by atoms with van der Waals surface area (Å²) in [6.45, 7) is -0.569. The molecule has 164 valence electrons. The van der Waals surface area contributed by atoms with Crippen LogP contribution < -0.4 is 25.1 Å². The lowest BCUT2D eigenvalue weighted by Crippen LogP contribution is -2.38. The molecule has 31 heavy (non-hydrogen) atoms. The lowest BCUT2D eigenvalue weighted by molar-refractivity contribution is -0.122. The van der Waals surface area contributed by atoms with Crippen molar-refractivity contribution < 1.29 is 28.5 Å². The summed E-state index contributed by atoms with van der Waals surface area (Å²) in [5, 5.41) is 12.7. The van der Waals surface area contributed by atoms with E-state index in [-0.39, 0.29) is 25.1 Å². The maximum atomic E-state index is 13.4. The lowest BCUT2D eigenvalue weighted by Gasteiger charge is -2.17. The number of nitrogens with zero attached hydrogens (tertiary/aromatic N) is 2. The number of fused-ring (bicyclic) bond motifs is 1. The van der Waals surface area contributed by atoms with Gasteiger partial charge in [-0.2, -0.15) is 0 Å². The van der Waals surface area contributed by atoms with Crippen LogP contribution in [-0.2, 0) is 11.3 Å². The fourth-order valence-corrected chi connectivity index (χ4v) is 2.88. The molecule has 1 amide bonds. The molecule has 0 bridgehead atoms. The number of aromatic nitrogens is 2. The van der Waals surface area contributed by atoms with Crippen LogP contribution in [0.3, 0.4) is 0 Å².